The number of hydrogen-bond acceptors (Lipinski definition) is 5. The molecule has 0 radical (unpaired) electrons. The quantitative estimate of drug-likeness (QED) is 0.525. The van der Waals surface area contributed by atoms with Crippen LogP contribution in [-0.2, 0) is 0 Å². The highest BCUT2D eigenvalue weighted by Crippen LogP contribution is 2.45. The normalized spacial score (nSPS) is 46.4. The third-order valence-electron chi connectivity index (χ3n) is 4.40. The van der Waals surface area contributed by atoms with Crippen LogP contribution >= 0.6 is 0 Å². The van der Waals surface area contributed by atoms with Gasteiger partial charge in [-0.05, 0) is 19.3 Å². The number of hydrogen-bond donors (Lipinski definition) is 4. The summed E-state index contributed by atoms with van der Waals surface area (Å²) in [6.07, 6.45) is 0.933. The van der Waals surface area contributed by atoms with E-state index in [1.54, 1.807) is 0 Å². The van der Waals surface area contributed by atoms with Crippen molar-refractivity contribution < 1.29 is 20.4 Å². The highest BCUT2D eigenvalue weighted by atomic mass is 16.4. The van der Waals surface area contributed by atoms with Crippen LogP contribution in [0.2, 0.25) is 0 Å². The Morgan fingerprint density at radius 1 is 1.35 bits per heavy atom. The van der Waals surface area contributed by atoms with Crippen molar-refractivity contribution in [1.29, 1.82) is 0 Å². The van der Waals surface area contributed by atoms with Gasteiger partial charge in [-0.3, -0.25) is 4.90 Å². The van der Waals surface area contributed by atoms with Gasteiger partial charge in [0.25, 0.3) is 0 Å². The Balaban J connectivity index is 2.21. The summed E-state index contributed by atoms with van der Waals surface area (Å²) < 4.78 is 0. The lowest BCUT2D eigenvalue weighted by Crippen LogP contribution is -2.67. The maximum Gasteiger partial charge on any atom is 0.147 e. The van der Waals surface area contributed by atoms with E-state index >= 15 is 0 Å². The molecule has 0 aromatic carbocycles. The van der Waals surface area contributed by atoms with Crippen LogP contribution in [0.5, 0.6) is 0 Å². The Hall–Kier alpha value is -0.200. The van der Waals surface area contributed by atoms with E-state index in [1.807, 2.05) is 4.90 Å². The predicted octanol–water partition coefficient (Wildman–Crippen LogP) is -0.717. The first-order chi connectivity index (χ1) is 8.06. The fraction of sp³-hybridized carbons (Fsp3) is 1.00. The average Bonchev–Trinajstić information content (AvgIpc) is 2.60. The maximum absolute atomic E-state index is 10.5. The van der Waals surface area contributed by atoms with Gasteiger partial charge in [-0.1, -0.05) is 13.3 Å². The molecule has 2 rings (SSSR count). The van der Waals surface area contributed by atoms with Crippen molar-refractivity contribution in [2.24, 2.45) is 5.92 Å². The van der Waals surface area contributed by atoms with Crippen LogP contribution < -0.4 is 0 Å². The maximum atomic E-state index is 10.5. The summed E-state index contributed by atoms with van der Waals surface area (Å²) in [6, 6.07) is -0.0186. The van der Waals surface area contributed by atoms with Gasteiger partial charge < -0.3 is 20.4 Å². The number of aliphatic hydroxyl groups excluding tert-OH is 3. The van der Waals surface area contributed by atoms with Crippen LogP contribution in [0.25, 0.3) is 0 Å². The predicted molar refractivity (Wildman–Crippen MR) is 62.2 cm³/mol. The smallest absolute Gasteiger partial charge is 0.147 e. The molecule has 2 fully saturated rings. The van der Waals surface area contributed by atoms with Crippen LogP contribution in [0.3, 0.4) is 0 Å². The zero-order chi connectivity index (χ0) is 12.6. The number of nitrogens with zero attached hydrogens (tertiary/aromatic N) is 1. The van der Waals surface area contributed by atoms with Crippen molar-refractivity contribution in [2.75, 3.05) is 13.2 Å². The summed E-state index contributed by atoms with van der Waals surface area (Å²) in [5, 5.41) is 39.8. The van der Waals surface area contributed by atoms with E-state index < -0.39 is 17.9 Å². The molecule has 0 aliphatic carbocycles. The number of fused-ring (bicyclic) bond motifs is 2. The van der Waals surface area contributed by atoms with Gasteiger partial charge in [0.15, 0.2) is 0 Å². The van der Waals surface area contributed by atoms with Crippen molar-refractivity contribution in [1.82, 2.24) is 4.90 Å². The van der Waals surface area contributed by atoms with Gasteiger partial charge in [0.05, 0.1) is 6.10 Å². The average molecular weight is 245 g/mol. The Bertz CT molecular complexity index is 273. The number of aliphatic hydroxyl groups is 4. The second-order valence-electron chi connectivity index (χ2n) is 5.31. The largest absolute Gasteiger partial charge is 0.396 e. The fourth-order valence-corrected chi connectivity index (χ4v) is 3.36. The van der Waals surface area contributed by atoms with Crippen molar-refractivity contribution in [3.05, 3.63) is 0 Å². The summed E-state index contributed by atoms with van der Waals surface area (Å²) in [5.41, 5.74) is -1.30. The molecule has 2 bridgehead atoms. The van der Waals surface area contributed by atoms with E-state index in [2.05, 4.69) is 6.92 Å². The molecule has 0 unspecified atom stereocenters. The van der Waals surface area contributed by atoms with E-state index in [-0.39, 0.29) is 18.6 Å². The van der Waals surface area contributed by atoms with Crippen molar-refractivity contribution >= 4 is 0 Å². The fourth-order valence-electron chi connectivity index (χ4n) is 3.36. The lowest BCUT2D eigenvalue weighted by atomic mass is 9.84. The van der Waals surface area contributed by atoms with Gasteiger partial charge in [0.2, 0.25) is 0 Å². The minimum absolute atomic E-state index is 0.0186. The number of piperidine rings is 1. The Morgan fingerprint density at radius 2 is 2.06 bits per heavy atom. The summed E-state index contributed by atoms with van der Waals surface area (Å²) in [5.74, 6) is -0.357. The first kappa shape index (κ1) is 13.2. The molecule has 4 N–H and O–H groups in total. The molecule has 0 saturated carbocycles. The van der Waals surface area contributed by atoms with Gasteiger partial charge in [0.1, 0.15) is 11.8 Å². The molecule has 0 amide bonds. The first-order valence-electron chi connectivity index (χ1n) is 6.52. The molecule has 5 nitrogen and oxygen atoms in total. The summed E-state index contributed by atoms with van der Waals surface area (Å²) in [7, 11) is 0. The van der Waals surface area contributed by atoms with E-state index in [4.69, 9.17) is 0 Å². The highest BCUT2D eigenvalue weighted by Gasteiger charge is 2.60. The number of rotatable bonds is 4. The van der Waals surface area contributed by atoms with Crippen molar-refractivity contribution in [3.63, 3.8) is 0 Å². The Morgan fingerprint density at radius 3 is 2.65 bits per heavy atom. The van der Waals surface area contributed by atoms with Crippen molar-refractivity contribution in [2.45, 2.75) is 56.6 Å². The monoisotopic (exact) mass is 245 g/mol. The van der Waals surface area contributed by atoms with E-state index in [0.717, 1.165) is 19.3 Å². The van der Waals surface area contributed by atoms with Crippen molar-refractivity contribution in [3.8, 4) is 0 Å². The molecule has 2 aliphatic rings. The second kappa shape index (κ2) is 4.82. The van der Waals surface area contributed by atoms with Gasteiger partial charge in [-0.15, -0.1) is 0 Å². The molecular weight excluding hydrogens is 222 g/mol. The molecule has 0 aromatic rings. The topological polar surface area (TPSA) is 84.2 Å². The second-order valence-corrected chi connectivity index (χ2v) is 5.31. The molecule has 100 valence electrons. The van der Waals surface area contributed by atoms with Crippen LogP contribution in [-0.4, -0.2) is 62.5 Å². The van der Waals surface area contributed by atoms with E-state index in [0.29, 0.717) is 13.0 Å². The standard InChI is InChI=1S/C12H23NO4/c1-2-3-6-13-9-4-5-12(13,17)11(16)10(15)8(9)7-14/h8-11,14-17H,2-7H2,1H3/t8-,9+,10+,11-,12+/m0/s1. The summed E-state index contributed by atoms with van der Waals surface area (Å²) >= 11 is 0. The van der Waals surface area contributed by atoms with Gasteiger partial charge in [0, 0.05) is 25.1 Å². The molecule has 2 aliphatic heterocycles. The van der Waals surface area contributed by atoms with Crippen LogP contribution in [0.4, 0.5) is 0 Å². The molecule has 5 atom stereocenters. The molecule has 2 heterocycles. The molecule has 0 spiro atoms. The molecule has 0 aromatic heterocycles. The zero-order valence-corrected chi connectivity index (χ0v) is 10.3. The summed E-state index contributed by atoms with van der Waals surface area (Å²) in [6.45, 7) is 2.63. The highest BCUT2D eigenvalue weighted by molar-refractivity contribution is 5.08. The van der Waals surface area contributed by atoms with Gasteiger partial charge in [-0.2, -0.15) is 0 Å². The lowest BCUT2D eigenvalue weighted by molar-refractivity contribution is -0.242. The zero-order valence-electron chi connectivity index (χ0n) is 10.3. The molecular formula is C12H23NO4. The minimum atomic E-state index is -1.30. The third-order valence-corrected chi connectivity index (χ3v) is 4.40. The van der Waals surface area contributed by atoms with Crippen LogP contribution in [0.1, 0.15) is 32.6 Å². The third kappa shape index (κ3) is 1.90. The molecule has 5 heteroatoms. The molecule has 17 heavy (non-hydrogen) atoms. The lowest BCUT2D eigenvalue weighted by Gasteiger charge is -2.49. The van der Waals surface area contributed by atoms with Crippen LogP contribution in [0.15, 0.2) is 0 Å². The van der Waals surface area contributed by atoms with E-state index in [9.17, 15) is 20.4 Å². The Labute approximate surface area is 102 Å². The van der Waals surface area contributed by atoms with Gasteiger partial charge in [-0.25, -0.2) is 0 Å². The first-order valence-corrected chi connectivity index (χ1v) is 6.52. The SMILES string of the molecule is CCCCN1[C@@H]2CC[C@@]1(O)[C@@H](O)[C@H](O)[C@H]2CO. The number of unbranched alkanes of at least 4 members (excludes halogenated alkanes) is 1. The molecule has 2 saturated heterocycles. The minimum Gasteiger partial charge on any atom is -0.396 e. The Kier molecular flexibility index (Phi) is 3.75. The van der Waals surface area contributed by atoms with Gasteiger partial charge >= 0.3 is 0 Å². The van der Waals surface area contributed by atoms with Crippen LogP contribution in [0, 0.1) is 5.92 Å². The summed E-state index contributed by atoms with van der Waals surface area (Å²) in [4.78, 5) is 1.88. The van der Waals surface area contributed by atoms with E-state index in [1.165, 1.54) is 0 Å².